The number of amides is 3. The number of hydrogen-bond donors (Lipinski definition) is 3. The lowest BCUT2D eigenvalue weighted by atomic mass is 9.87. The number of aryl methyl sites for hydroxylation is 1. The van der Waals surface area contributed by atoms with E-state index in [1.54, 1.807) is 42.5 Å². The minimum Gasteiger partial charge on any atom is -0.481 e. The number of hydrogen-bond acceptors (Lipinski definition) is 4. The van der Waals surface area contributed by atoms with Gasteiger partial charge in [0.15, 0.2) is 6.10 Å². The van der Waals surface area contributed by atoms with Crippen molar-refractivity contribution < 1.29 is 19.1 Å². The van der Waals surface area contributed by atoms with E-state index in [1.165, 1.54) is 0 Å². The van der Waals surface area contributed by atoms with Crippen LogP contribution in [0.5, 0.6) is 5.75 Å². The van der Waals surface area contributed by atoms with Gasteiger partial charge in [-0.3, -0.25) is 25.2 Å². The van der Waals surface area contributed by atoms with Crippen LogP contribution >= 0.6 is 0 Å². The van der Waals surface area contributed by atoms with Gasteiger partial charge in [0.1, 0.15) is 5.75 Å². The quantitative estimate of drug-likeness (QED) is 0.401. The molecule has 0 spiro atoms. The van der Waals surface area contributed by atoms with Gasteiger partial charge < -0.3 is 10.1 Å². The van der Waals surface area contributed by atoms with Crippen LogP contribution in [-0.4, -0.2) is 23.8 Å². The van der Waals surface area contributed by atoms with Crippen LogP contribution in [0.2, 0.25) is 0 Å². The lowest BCUT2D eigenvalue weighted by Gasteiger charge is -2.19. The molecule has 0 aliphatic heterocycles. The molecule has 188 valence electrons. The van der Waals surface area contributed by atoms with Crippen LogP contribution in [0.4, 0.5) is 5.69 Å². The van der Waals surface area contributed by atoms with E-state index in [0.29, 0.717) is 29.0 Å². The molecule has 1 atom stereocenters. The Balaban J connectivity index is 1.53. The summed E-state index contributed by atoms with van der Waals surface area (Å²) in [5.41, 5.74) is 8.43. The standard InChI is InChI=1S/C29H33N3O4/c1-6-25(36-24-9-7-8-19(2)18-24)28(35)32-31-27(34)21-12-16-23(17-13-21)30-26(33)20-10-14-22(15-11-20)29(3,4)5/h7-18,25H,6H2,1-5H3,(H,30,33)(H,31,34)(H,32,35). The van der Waals surface area contributed by atoms with Gasteiger partial charge in [0.05, 0.1) is 0 Å². The lowest BCUT2D eigenvalue weighted by Crippen LogP contribution is -2.47. The predicted octanol–water partition coefficient (Wildman–Crippen LogP) is 5.16. The first kappa shape index (κ1) is 26.5. The average Bonchev–Trinajstić information content (AvgIpc) is 2.85. The summed E-state index contributed by atoms with van der Waals surface area (Å²) in [5.74, 6) is -0.580. The largest absolute Gasteiger partial charge is 0.481 e. The summed E-state index contributed by atoms with van der Waals surface area (Å²) < 4.78 is 5.75. The maximum atomic E-state index is 12.6. The summed E-state index contributed by atoms with van der Waals surface area (Å²) in [4.78, 5) is 37.5. The van der Waals surface area contributed by atoms with Crippen molar-refractivity contribution in [2.24, 2.45) is 0 Å². The average molecular weight is 488 g/mol. The summed E-state index contributed by atoms with van der Waals surface area (Å²) in [6, 6.07) is 21.3. The van der Waals surface area contributed by atoms with Gasteiger partial charge in [-0.15, -0.1) is 0 Å². The summed E-state index contributed by atoms with van der Waals surface area (Å²) in [6.07, 6.45) is -0.315. The first-order valence-corrected chi connectivity index (χ1v) is 11.9. The molecule has 7 nitrogen and oxygen atoms in total. The Morgan fingerprint density at radius 3 is 2.03 bits per heavy atom. The van der Waals surface area contributed by atoms with Crippen molar-refractivity contribution in [1.82, 2.24) is 10.9 Å². The Kier molecular flexibility index (Phi) is 8.48. The van der Waals surface area contributed by atoms with Crippen molar-refractivity contribution >= 4 is 23.4 Å². The smallest absolute Gasteiger partial charge is 0.279 e. The van der Waals surface area contributed by atoms with Crippen molar-refractivity contribution in [3.63, 3.8) is 0 Å². The Morgan fingerprint density at radius 2 is 1.44 bits per heavy atom. The Morgan fingerprint density at radius 1 is 0.833 bits per heavy atom. The van der Waals surface area contributed by atoms with Crippen molar-refractivity contribution in [3.05, 3.63) is 95.1 Å². The molecule has 0 aliphatic rings. The highest BCUT2D eigenvalue weighted by atomic mass is 16.5. The van der Waals surface area contributed by atoms with Crippen molar-refractivity contribution in [3.8, 4) is 5.75 Å². The molecule has 3 aromatic carbocycles. The second kappa shape index (κ2) is 11.5. The van der Waals surface area contributed by atoms with E-state index in [0.717, 1.165) is 11.1 Å². The van der Waals surface area contributed by atoms with Gasteiger partial charge in [-0.1, -0.05) is 52.0 Å². The Labute approximate surface area is 212 Å². The number of ether oxygens (including phenoxy) is 1. The molecule has 1 unspecified atom stereocenters. The van der Waals surface area contributed by atoms with E-state index in [4.69, 9.17) is 4.74 Å². The third-order valence-electron chi connectivity index (χ3n) is 5.65. The third kappa shape index (κ3) is 7.18. The lowest BCUT2D eigenvalue weighted by molar-refractivity contribution is -0.128. The molecule has 0 aromatic heterocycles. The molecular formula is C29H33N3O4. The van der Waals surface area contributed by atoms with Gasteiger partial charge in [-0.25, -0.2) is 0 Å². The first-order chi connectivity index (χ1) is 17.1. The van der Waals surface area contributed by atoms with Crippen LogP contribution in [0, 0.1) is 6.92 Å². The minimum atomic E-state index is -0.748. The highest BCUT2D eigenvalue weighted by Gasteiger charge is 2.19. The maximum Gasteiger partial charge on any atom is 0.279 e. The first-order valence-electron chi connectivity index (χ1n) is 11.9. The zero-order valence-corrected chi connectivity index (χ0v) is 21.3. The number of rotatable bonds is 7. The fourth-order valence-electron chi connectivity index (χ4n) is 3.48. The number of carbonyl (C=O) groups excluding carboxylic acids is 3. The topological polar surface area (TPSA) is 96.5 Å². The van der Waals surface area contributed by atoms with Crippen LogP contribution in [0.1, 0.15) is 66.0 Å². The molecule has 3 N–H and O–H groups in total. The molecule has 36 heavy (non-hydrogen) atoms. The molecule has 0 radical (unpaired) electrons. The van der Waals surface area contributed by atoms with E-state index in [9.17, 15) is 14.4 Å². The summed E-state index contributed by atoms with van der Waals surface area (Å²) in [5, 5.41) is 2.83. The fourth-order valence-corrected chi connectivity index (χ4v) is 3.48. The van der Waals surface area contributed by atoms with Crippen molar-refractivity contribution in [1.29, 1.82) is 0 Å². The van der Waals surface area contributed by atoms with Gasteiger partial charge in [0.25, 0.3) is 17.7 Å². The van der Waals surface area contributed by atoms with E-state index in [1.807, 2.05) is 44.2 Å². The molecule has 0 fully saturated rings. The number of anilines is 1. The maximum absolute atomic E-state index is 12.6. The predicted molar refractivity (Wildman–Crippen MR) is 141 cm³/mol. The zero-order valence-electron chi connectivity index (χ0n) is 21.3. The molecule has 7 heteroatoms. The SMILES string of the molecule is CCC(Oc1cccc(C)c1)C(=O)NNC(=O)c1ccc(NC(=O)c2ccc(C(C)(C)C)cc2)cc1. The summed E-state index contributed by atoms with van der Waals surface area (Å²) in [7, 11) is 0. The molecule has 0 bridgehead atoms. The highest BCUT2D eigenvalue weighted by molar-refractivity contribution is 6.04. The molecule has 3 amide bonds. The second-order valence-electron chi connectivity index (χ2n) is 9.63. The Bertz CT molecular complexity index is 1210. The van der Waals surface area contributed by atoms with Gasteiger partial charge in [-0.2, -0.15) is 0 Å². The number of nitrogens with one attached hydrogen (secondary N) is 3. The number of hydrazine groups is 1. The molecular weight excluding hydrogens is 454 g/mol. The number of carbonyl (C=O) groups is 3. The van der Waals surface area contributed by atoms with Gasteiger partial charge in [-0.05, 0) is 78.4 Å². The minimum absolute atomic E-state index is 0.0103. The third-order valence-corrected chi connectivity index (χ3v) is 5.65. The number of benzene rings is 3. The van der Waals surface area contributed by atoms with Crippen LogP contribution in [-0.2, 0) is 10.2 Å². The van der Waals surface area contributed by atoms with Crippen molar-refractivity contribution in [2.75, 3.05) is 5.32 Å². The Hall–Kier alpha value is -4.13. The molecule has 3 rings (SSSR count). The van der Waals surface area contributed by atoms with Crippen molar-refractivity contribution in [2.45, 2.75) is 52.6 Å². The monoisotopic (exact) mass is 487 g/mol. The molecule has 0 heterocycles. The van der Waals surface area contributed by atoms with E-state index < -0.39 is 17.9 Å². The summed E-state index contributed by atoms with van der Waals surface area (Å²) in [6.45, 7) is 10.1. The fraction of sp³-hybridized carbons (Fsp3) is 0.276. The van der Waals surface area contributed by atoms with Gasteiger partial charge in [0.2, 0.25) is 0 Å². The summed E-state index contributed by atoms with van der Waals surface area (Å²) >= 11 is 0. The molecule has 0 aliphatic carbocycles. The molecule has 0 saturated carbocycles. The second-order valence-corrected chi connectivity index (χ2v) is 9.63. The van der Waals surface area contributed by atoms with Gasteiger partial charge >= 0.3 is 0 Å². The van der Waals surface area contributed by atoms with Crippen LogP contribution in [0.25, 0.3) is 0 Å². The van der Waals surface area contributed by atoms with Crippen LogP contribution in [0.3, 0.4) is 0 Å². The highest BCUT2D eigenvalue weighted by Crippen LogP contribution is 2.22. The van der Waals surface area contributed by atoms with E-state index in [2.05, 4.69) is 36.9 Å². The normalized spacial score (nSPS) is 11.8. The van der Waals surface area contributed by atoms with Crippen LogP contribution < -0.4 is 20.9 Å². The molecule has 0 saturated heterocycles. The zero-order chi connectivity index (χ0) is 26.3. The van der Waals surface area contributed by atoms with E-state index in [-0.39, 0.29) is 11.3 Å². The van der Waals surface area contributed by atoms with Gasteiger partial charge in [0, 0.05) is 16.8 Å². The van der Waals surface area contributed by atoms with Crippen LogP contribution in [0.15, 0.2) is 72.8 Å². The molecule has 3 aromatic rings. The van der Waals surface area contributed by atoms with E-state index >= 15 is 0 Å².